The summed E-state index contributed by atoms with van der Waals surface area (Å²) in [5.74, 6) is 1.02. The molecule has 0 spiro atoms. The number of hydrogen-bond acceptors (Lipinski definition) is 6. The number of hydrogen-bond donors (Lipinski definition) is 2. The zero-order valence-electron chi connectivity index (χ0n) is 23.5. The first-order valence-corrected chi connectivity index (χ1v) is 13.3. The van der Waals surface area contributed by atoms with Gasteiger partial charge in [-0.1, -0.05) is 42.5 Å². The summed E-state index contributed by atoms with van der Waals surface area (Å²) in [6.07, 6.45) is 0.930. The van der Waals surface area contributed by atoms with Crippen LogP contribution in [0.5, 0.6) is 17.2 Å². The zero-order chi connectivity index (χ0) is 28.4. The van der Waals surface area contributed by atoms with Crippen molar-refractivity contribution in [2.45, 2.75) is 38.5 Å². The lowest BCUT2D eigenvalue weighted by Crippen LogP contribution is -2.37. The smallest absolute Gasteiger partial charge is 0.254 e. The van der Waals surface area contributed by atoms with Crippen molar-refractivity contribution in [3.05, 3.63) is 106 Å². The Labute approximate surface area is 234 Å². The van der Waals surface area contributed by atoms with E-state index < -0.39 is 5.92 Å². The number of Topliss-reactive ketones (excluding diaryl/α,β-unsaturated/α-hetero) is 1. The first-order chi connectivity index (χ1) is 19.4. The van der Waals surface area contributed by atoms with Crippen molar-refractivity contribution >= 4 is 17.4 Å². The van der Waals surface area contributed by atoms with Gasteiger partial charge in [-0.15, -0.1) is 0 Å². The molecule has 2 aliphatic rings. The summed E-state index contributed by atoms with van der Waals surface area (Å²) in [4.78, 5) is 27.9. The molecule has 206 valence electrons. The highest BCUT2D eigenvalue weighted by Gasteiger charge is 2.42. The monoisotopic (exact) mass is 538 g/mol. The summed E-state index contributed by atoms with van der Waals surface area (Å²) in [5, 5.41) is 6.53. The van der Waals surface area contributed by atoms with Crippen LogP contribution in [0.15, 0.2) is 89.3 Å². The molecule has 5 rings (SSSR count). The molecule has 0 unspecified atom stereocenters. The number of amides is 1. The highest BCUT2D eigenvalue weighted by molar-refractivity contribution is 6.10. The molecule has 0 saturated carbocycles. The number of ether oxygens (including phenoxy) is 3. The zero-order valence-corrected chi connectivity index (χ0v) is 23.5. The van der Waals surface area contributed by atoms with E-state index in [9.17, 15) is 9.59 Å². The lowest BCUT2D eigenvalue weighted by molar-refractivity contribution is -0.116. The van der Waals surface area contributed by atoms with Crippen molar-refractivity contribution in [2.75, 3.05) is 26.6 Å². The topological polar surface area (TPSA) is 85.9 Å². The normalized spacial score (nSPS) is 18.6. The summed E-state index contributed by atoms with van der Waals surface area (Å²) in [5.41, 5.74) is 6.13. The number of benzene rings is 3. The van der Waals surface area contributed by atoms with E-state index in [4.69, 9.17) is 14.2 Å². The fourth-order valence-corrected chi connectivity index (χ4v) is 5.80. The van der Waals surface area contributed by atoms with Crippen LogP contribution in [0, 0.1) is 6.92 Å². The summed E-state index contributed by atoms with van der Waals surface area (Å²) < 4.78 is 16.6. The first kappa shape index (κ1) is 27.1. The summed E-state index contributed by atoms with van der Waals surface area (Å²) in [7, 11) is 4.81. The standard InChI is InChI=1S/C33H34N2O5/c1-19-10-6-8-12-24(19)35-33(37)30-20(2)34-25-16-22(21-14-15-28(39-4)29(18-21)40-5)17-26(36)32(25)31(30)23-11-7-9-13-27(23)38-3/h6-15,18,22,31,34H,16-17H2,1-5H3,(H,35,37)/t22-,31-/m0/s1. The highest BCUT2D eigenvalue weighted by Crippen LogP contribution is 2.48. The van der Waals surface area contributed by atoms with E-state index in [1.165, 1.54) is 0 Å². The van der Waals surface area contributed by atoms with Crippen LogP contribution in [-0.4, -0.2) is 33.0 Å². The Hall–Kier alpha value is -4.52. The van der Waals surface area contributed by atoms with Crippen molar-refractivity contribution in [1.29, 1.82) is 0 Å². The van der Waals surface area contributed by atoms with Gasteiger partial charge in [-0.2, -0.15) is 0 Å². The maximum Gasteiger partial charge on any atom is 0.254 e. The van der Waals surface area contributed by atoms with Crippen molar-refractivity contribution in [1.82, 2.24) is 5.32 Å². The highest BCUT2D eigenvalue weighted by atomic mass is 16.5. The van der Waals surface area contributed by atoms with Crippen LogP contribution in [0.25, 0.3) is 0 Å². The van der Waals surface area contributed by atoms with E-state index in [1.807, 2.05) is 80.6 Å². The van der Waals surface area contributed by atoms with Gasteiger partial charge in [0, 0.05) is 40.2 Å². The molecule has 2 atom stereocenters. The molecule has 2 N–H and O–H groups in total. The Balaban J connectivity index is 1.58. The van der Waals surface area contributed by atoms with Crippen LogP contribution in [0.1, 0.15) is 48.3 Å². The van der Waals surface area contributed by atoms with Crippen LogP contribution >= 0.6 is 0 Å². The summed E-state index contributed by atoms with van der Waals surface area (Å²) in [6.45, 7) is 3.84. The SMILES string of the molecule is COc1ccc([C@@H]2CC(=O)C3=C(C2)NC(C)=C(C(=O)Nc2ccccc2C)[C@@H]3c2ccccc2OC)cc1OC. The number of anilines is 1. The second kappa shape index (κ2) is 11.3. The number of methoxy groups -OCH3 is 3. The van der Waals surface area contributed by atoms with Crippen molar-refractivity contribution in [2.24, 2.45) is 0 Å². The Morgan fingerprint density at radius 2 is 1.55 bits per heavy atom. The van der Waals surface area contributed by atoms with Crippen LogP contribution in [-0.2, 0) is 9.59 Å². The molecule has 1 aliphatic heterocycles. The van der Waals surface area contributed by atoms with E-state index >= 15 is 0 Å². The minimum atomic E-state index is -0.574. The van der Waals surface area contributed by atoms with Crippen molar-refractivity contribution < 1.29 is 23.8 Å². The number of carbonyl (C=O) groups excluding carboxylic acids is 2. The third-order valence-electron chi connectivity index (χ3n) is 7.79. The summed E-state index contributed by atoms with van der Waals surface area (Å²) >= 11 is 0. The maximum atomic E-state index is 14.0. The first-order valence-electron chi connectivity index (χ1n) is 13.3. The average molecular weight is 539 g/mol. The number of carbonyl (C=O) groups is 2. The molecular formula is C33H34N2O5. The predicted molar refractivity (Wildman–Crippen MR) is 155 cm³/mol. The van der Waals surface area contributed by atoms with Gasteiger partial charge in [-0.3, -0.25) is 9.59 Å². The molecular weight excluding hydrogens is 504 g/mol. The average Bonchev–Trinajstić information content (AvgIpc) is 2.96. The third kappa shape index (κ3) is 4.95. The second-order valence-electron chi connectivity index (χ2n) is 10.1. The van der Waals surface area contributed by atoms with Crippen molar-refractivity contribution in [3.63, 3.8) is 0 Å². The Kier molecular flexibility index (Phi) is 7.65. The van der Waals surface area contributed by atoms with Gasteiger partial charge in [0.1, 0.15) is 5.75 Å². The van der Waals surface area contributed by atoms with Crippen LogP contribution in [0.2, 0.25) is 0 Å². The van der Waals surface area contributed by atoms with E-state index in [2.05, 4.69) is 10.6 Å². The van der Waals surface area contributed by atoms with Crippen LogP contribution in [0.4, 0.5) is 5.69 Å². The molecule has 1 amide bonds. The van der Waals surface area contributed by atoms with E-state index in [-0.39, 0.29) is 17.6 Å². The quantitative estimate of drug-likeness (QED) is 0.383. The lowest BCUT2D eigenvalue weighted by atomic mass is 9.71. The molecule has 1 heterocycles. The van der Waals surface area contributed by atoms with Gasteiger partial charge >= 0.3 is 0 Å². The molecule has 7 nitrogen and oxygen atoms in total. The van der Waals surface area contributed by atoms with Crippen LogP contribution in [0.3, 0.4) is 0 Å². The molecule has 1 aliphatic carbocycles. The Morgan fingerprint density at radius 1 is 0.850 bits per heavy atom. The van der Waals surface area contributed by atoms with E-state index in [0.29, 0.717) is 46.9 Å². The minimum Gasteiger partial charge on any atom is -0.496 e. The van der Waals surface area contributed by atoms with Gasteiger partial charge in [-0.05, 0) is 61.6 Å². The number of aryl methyl sites for hydroxylation is 1. The predicted octanol–water partition coefficient (Wildman–Crippen LogP) is 6.02. The number of dihydropyridines is 1. The lowest BCUT2D eigenvalue weighted by Gasteiger charge is -2.37. The molecule has 3 aromatic carbocycles. The number of ketones is 1. The summed E-state index contributed by atoms with van der Waals surface area (Å²) in [6, 6.07) is 21.0. The Morgan fingerprint density at radius 3 is 2.27 bits per heavy atom. The number of para-hydroxylation sites is 2. The van der Waals surface area contributed by atoms with E-state index in [1.54, 1.807) is 21.3 Å². The van der Waals surface area contributed by atoms with E-state index in [0.717, 1.165) is 28.1 Å². The molecule has 0 fully saturated rings. The molecule has 3 aromatic rings. The van der Waals surface area contributed by atoms with Gasteiger partial charge in [0.15, 0.2) is 17.3 Å². The van der Waals surface area contributed by atoms with Crippen molar-refractivity contribution in [3.8, 4) is 17.2 Å². The van der Waals surface area contributed by atoms with Gasteiger partial charge in [0.2, 0.25) is 0 Å². The molecule has 0 radical (unpaired) electrons. The number of nitrogens with one attached hydrogen (secondary N) is 2. The number of rotatable bonds is 7. The fourth-order valence-electron chi connectivity index (χ4n) is 5.80. The second-order valence-corrected chi connectivity index (χ2v) is 10.1. The third-order valence-corrected chi connectivity index (χ3v) is 7.79. The Bertz CT molecular complexity index is 1540. The molecule has 40 heavy (non-hydrogen) atoms. The largest absolute Gasteiger partial charge is 0.496 e. The van der Waals surface area contributed by atoms with Gasteiger partial charge < -0.3 is 24.8 Å². The molecule has 0 aromatic heterocycles. The molecule has 0 bridgehead atoms. The van der Waals surface area contributed by atoms with Gasteiger partial charge in [0.05, 0.1) is 27.2 Å². The van der Waals surface area contributed by atoms with Crippen LogP contribution < -0.4 is 24.8 Å². The number of allylic oxidation sites excluding steroid dienone is 3. The minimum absolute atomic E-state index is 0.00173. The van der Waals surface area contributed by atoms with Gasteiger partial charge in [-0.25, -0.2) is 0 Å². The molecule has 7 heteroatoms. The fraction of sp³-hybridized carbons (Fsp3) is 0.273. The molecule has 0 saturated heterocycles. The maximum absolute atomic E-state index is 14.0. The van der Waals surface area contributed by atoms with Gasteiger partial charge in [0.25, 0.3) is 5.91 Å².